The number of hydrogen-bond acceptors (Lipinski definition) is 6. The zero-order chi connectivity index (χ0) is 14.5. The second-order valence-electron chi connectivity index (χ2n) is 3.86. The maximum absolute atomic E-state index is 12.0. The number of nitrogens with two attached hydrogens (primary N) is 1. The first-order valence-corrected chi connectivity index (χ1v) is 6.99. The van der Waals surface area contributed by atoms with Crippen molar-refractivity contribution in [2.24, 2.45) is 0 Å². The molecule has 1 atom stereocenters. The van der Waals surface area contributed by atoms with E-state index < -0.39 is 16.1 Å². The molecule has 1 aromatic carbocycles. The minimum absolute atomic E-state index is 0.0168. The van der Waals surface area contributed by atoms with Crippen molar-refractivity contribution in [1.82, 2.24) is 4.72 Å². The van der Waals surface area contributed by atoms with Gasteiger partial charge >= 0.3 is 0 Å². The predicted octanol–water partition coefficient (Wildman–Crippen LogP) is -0.437. The summed E-state index contributed by atoms with van der Waals surface area (Å²) in [5.74, 6) is 0.278. The highest BCUT2D eigenvalue weighted by Crippen LogP contribution is 2.24. The van der Waals surface area contributed by atoms with Crippen LogP contribution in [-0.4, -0.2) is 47.0 Å². The van der Waals surface area contributed by atoms with E-state index >= 15 is 0 Å². The molecule has 108 valence electrons. The van der Waals surface area contributed by atoms with Gasteiger partial charge in [-0.05, 0) is 12.1 Å². The molecule has 1 rings (SSSR count). The number of sulfonamides is 1. The predicted molar refractivity (Wildman–Crippen MR) is 70.5 cm³/mol. The van der Waals surface area contributed by atoms with Crippen LogP contribution in [0.1, 0.15) is 0 Å². The lowest BCUT2D eigenvalue weighted by Crippen LogP contribution is -2.34. The van der Waals surface area contributed by atoms with Crippen LogP contribution in [0.3, 0.4) is 0 Å². The molecule has 0 amide bonds. The lowest BCUT2D eigenvalue weighted by atomic mass is 10.3. The Kier molecular flexibility index (Phi) is 5.55. The van der Waals surface area contributed by atoms with Gasteiger partial charge in [0.05, 0.1) is 30.4 Å². The van der Waals surface area contributed by atoms with Gasteiger partial charge in [-0.2, -0.15) is 0 Å². The number of nitrogen functional groups attached to an aromatic ring is 1. The van der Waals surface area contributed by atoms with Crippen LogP contribution in [0.2, 0.25) is 0 Å². The van der Waals surface area contributed by atoms with Gasteiger partial charge < -0.3 is 20.3 Å². The molecular formula is C11H18N2O5S. The second-order valence-corrected chi connectivity index (χ2v) is 5.63. The molecule has 19 heavy (non-hydrogen) atoms. The van der Waals surface area contributed by atoms with Crippen molar-refractivity contribution in [3.05, 3.63) is 18.2 Å². The minimum atomic E-state index is -3.72. The molecule has 0 radical (unpaired) electrons. The molecule has 0 heterocycles. The zero-order valence-electron chi connectivity index (χ0n) is 10.8. The molecule has 0 aliphatic heterocycles. The molecule has 0 saturated heterocycles. The van der Waals surface area contributed by atoms with Crippen molar-refractivity contribution in [3.8, 4) is 5.75 Å². The molecule has 1 unspecified atom stereocenters. The fraction of sp³-hybridized carbons (Fsp3) is 0.455. The Labute approximate surface area is 112 Å². The van der Waals surface area contributed by atoms with E-state index in [1.54, 1.807) is 0 Å². The van der Waals surface area contributed by atoms with E-state index in [0.717, 1.165) is 0 Å². The Morgan fingerprint density at radius 3 is 2.68 bits per heavy atom. The fourth-order valence-corrected chi connectivity index (χ4v) is 2.49. The van der Waals surface area contributed by atoms with Crippen molar-refractivity contribution in [2.45, 2.75) is 11.0 Å². The molecule has 0 spiro atoms. The maximum Gasteiger partial charge on any atom is 0.240 e. The summed E-state index contributed by atoms with van der Waals surface area (Å²) in [6.45, 7) is -0.0869. The van der Waals surface area contributed by atoms with Gasteiger partial charge in [0.1, 0.15) is 5.75 Å². The van der Waals surface area contributed by atoms with E-state index in [1.165, 1.54) is 32.4 Å². The third kappa shape index (κ3) is 4.35. The molecule has 0 fully saturated rings. The summed E-state index contributed by atoms with van der Waals surface area (Å²) in [6.07, 6.45) is -0.907. The number of nitrogens with one attached hydrogen (secondary N) is 1. The van der Waals surface area contributed by atoms with E-state index in [2.05, 4.69) is 4.72 Å². The number of rotatable bonds is 7. The van der Waals surface area contributed by atoms with Gasteiger partial charge in [-0.3, -0.25) is 0 Å². The highest BCUT2D eigenvalue weighted by molar-refractivity contribution is 7.89. The average molecular weight is 290 g/mol. The molecule has 0 bridgehead atoms. The number of anilines is 1. The molecule has 8 heteroatoms. The van der Waals surface area contributed by atoms with Crippen LogP contribution in [0.15, 0.2) is 23.1 Å². The van der Waals surface area contributed by atoms with Crippen LogP contribution in [0.25, 0.3) is 0 Å². The third-order valence-electron chi connectivity index (χ3n) is 2.38. The van der Waals surface area contributed by atoms with Crippen LogP contribution in [0.5, 0.6) is 5.75 Å². The van der Waals surface area contributed by atoms with Crippen LogP contribution >= 0.6 is 0 Å². The Morgan fingerprint density at radius 2 is 2.11 bits per heavy atom. The van der Waals surface area contributed by atoms with Gasteiger partial charge in [-0.1, -0.05) is 0 Å². The molecular weight excluding hydrogens is 272 g/mol. The van der Waals surface area contributed by atoms with Gasteiger partial charge in [0, 0.05) is 19.7 Å². The van der Waals surface area contributed by atoms with Gasteiger partial charge in [-0.25, -0.2) is 13.1 Å². The largest absolute Gasteiger partial charge is 0.495 e. The topological polar surface area (TPSA) is 111 Å². The maximum atomic E-state index is 12.0. The summed E-state index contributed by atoms with van der Waals surface area (Å²) in [7, 11) is -0.904. The summed E-state index contributed by atoms with van der Waals surface area (Å²) >= 11 is 0. The molecule has 0 saturated carbocycles. The van der Waals surface area contributed by atoms with E-state index in [4.69, 9.17) is 15.2 Å². The Balaban J connectivity index is 2.83. The average Bonchev–Trinajstić information content (AvgIpc) is 2.37. The number of aliphatic hydroxyl groups excluding tert-OH is 1. The van der Waals surface area contributed by atoms with Gasteiger partial charge in [-0.15, -0.1) is 0 Å². The Morgan fingerprint density at radius 1 is 1.42 bits per heavy atom. The van der Waals surface area contributed by atoms with E-state index in [0.29, 0.717) is 5.69 Å². The first kappa shape index (κ1) is 15.7. The molecule has 4 N–H and O–H groups in total. The summed E-state index contributed by atoms with van der Waals surface area (Å²) in [5, 5.41) is 9.41. The molecule has 0 aliphatic rings. The fourth-order valence-electron chi connectivity index (χ4n) is 1.40. The minimum Gasteiger partial charge on any atom is -0.495 e. The van der Waals surface area contributed by atoms with E-state index in [1.807, 2.05) is 0 Å². The standard InChI is InChI=1S/C11H18N2O5S/c1-17-7-8(14)6-13-19(15,16)9-3-4-10(12)11(5-9)18-2/h3-5,8,13-14H,6-7,12H2,1-2H3. The highest BCUT2D eigenvalue weighted by atomic mass is 32.2. The van der Waals surface area contributed by atoms with Gasteiger partial charge in [0.15, 0.2) is 0 Å². The van der Waals surface area contributed by atoms with E-state index in [-0.39, 0.29) is 23.8 Å². The third-order valence-corrected chi connectivity index (χ3v) is 3.80. The van der Waals surface area contributed by atoms with Gasteiger partial charge in [0.2, 0.25) is 10.0 Å². The molecule has 1 aromatic rings. The monoisotopic (exact) mass is 290 g/mol. The number of ether oxygens (including phenoxy) is 2. The first-order valence-electron chi connectivity index (χ1n) is 5.51. The normalized spacial score (nSPS) is 13.2. The Bertz CT molecular complexity index is 518. The van der Waals surface area contributed by atoms with Crippen molar-refractivity contribution < 1.29 is 23.0 Å². The zero-order valence-corrected chi connectivity index (χ0v) is 11.6. The molecule has 7 nitrogen and oxygen atoms in total. The van der Waals surface area contributed by atoms with Crippen LogP contribution < -0.4 is 15.2 Å². The quantitative estimate of drug-likeness (QED) is 0.587. The lowest BCUT2D eigenvalue weighted by molar-refractivity contribution is 0.0679. The molecule has 0 aliphatic carbocycles. The smallest absolute Gasteiger partial charge is 0.240 e. The Hall–Kier alpha value is -1.35. The van der Waals surface area contributed by atoms with Crippen molar-refractivity contribution in [1.29, 1.82) is 0 Å². The number of methoxy groups -OCH3 is 2. The lowest BCUT2D eigenvalue weighted by Gasteiger charge is -2.12. The van der Waals surface area contributed by atoms with Crippen molar-refractivity contribution in [2.75, 3.05) is 33.1 Å². The second kappa shape index (κ2) is 6.71. The number of benzene rings is 1. The van der Waals surface area contributed by atoms with Crippen molar-refractivity contribution >= 4 is 15.7 Å². The van der Waals surface area contributed by atoms with Crippen molar-refractivity contribution in [3.63, 3.8) is 0 Å². The number of hydrogen-bond donors (Lipinski definition) is 3. The highest BCUT2D eigenvalue weighted by Gasteiger charge is 2.17. The van der Waals surface area contributed by atoms with Gasteiger partial charge in [0.25, 0.3) is 0 Å². The summed E-state index contributed by atoms with van der Waals surface area (Å²) in [4.78, 5) is 0.0168. The van der Waals surface area contributed by atoms with Crippen LogP contribution in [-0.2, 0) is 14.8 Å². The summed E-state index contributed by atoms with van der Waals surface area (Å²) in [5.41, 5.74) is 5.96. The van der Waals surface area contributed by atoms with Crippen LogP contribution in [0.4, 0.5) is 5.69 Å². The first-order chi connectivity index (χ1) is 8.90. The summed E-state index contributed by atoms with van der Waals surface area (Å²) in [6, 6.07) is 4.13. The molecule has 0 aromatic heterocycles. The SMILES string of the molecule is COCC(O)CNS(=O)(=O)c1ccc(N)c(OC)c1. The van der Waals surface area contributed by atoms with Crippen LogP contribution in [0, 0.1) is 0 Å². The number of aliphatic hydroxyl groups is 1. The summed E-state index contributed by atoms with van der Waals surface area (Å²) < 4.78 is 35.9. The van der Waals surface area contributed by atoms with E-state index in [9.17, 15) is 13.5 Å².